The van der Waals surface area contributed by atoms with E-state index in [9.17, 15) is 9.90 Å². The molecule has 1 amide bonds. The molecule has 2 bridgehead atoms. The summed E-state index contributed by atoms with van der Waals surface area (Å²) in [5, 5.41) is 13.6. The smallest absolute Gasteiger partial charge is 0.410 e. The molecule has 3 heterocycles. The van der Waals surface area contributed by atoms with Crippen LogP contribution < -0.4 is 0 Å². The normalized spacial score (nSPS) is 28.2. The van der Waals surface area contributed by atoms with Crippen molar-refractivity contribution in [2.75, 3.05) is 13.2 Å². The van der Waals surface area contributed by atoms with Crippen LogP contribution in [0.5, 0.6) is 0 Å². The second-order valence-electron chi connectivity index (χ2n) is 8.57. The monoisotopic (exact) mass is 370 g/mol. The number of hydrogen-bond donors (Lipinski definition) is 1. The number of nitrogens with zero attached hydrogens (tertiary/aromatic N) is 2. The summed E-state index contributed by atoms with van der Waals surface area (Å²) in [6.07, 6.45) is 4.07. The first-order valence-electron chi connectivity index (χ1n) is 9.41. The minimum Gasteiger partial charge on any atom is -0.444 e. The van der Waals surface area contributed by atoms with E-state index >= 15 is 0 Å². The van der Waals surface area contributed by atoms with Crippen molar-refractivity contribution in [1.82, 2.24) is 9.88 Å². The molecule has 0 spiro atoms. The number of piperidine rings is 1. The highest BCUT2D eigenvalue weighted by Gasteiger charge is 2.50. The Kier molecular flexibility index (Phi) is 4.35. The van der Waals surface area contributed by atoms with E-state index in [1.54, 1.807) is 11.1 Å². The quantitative estimate of drug-likeness (QED) is 0.834. The van der Waals surface area contributed by atoms with Crippen molar-refractivity contribution in [3.8, 4) is 0 Å². The second kappa shape index (κ2) is 6.46. The molecule has 1 N–H and O–H groups in total. The third kappa shape index (κ3) is 3.39. The van der Waals surface area contributed by atoms with Gasteiger partial charge in [0.25, 0.3) is 0 Å². The first kappa shape index (κ1) is 18.2. The SMILES string of the molecule is CC(C)(C)OC(=O)N1C2COCC1CC(O)(c1cccc3cnccc13)C2. The van der Waals surface area contributed by atoms with Gasteiger partial charge < -0.3 is 14.6 Å². The largest absolute Gasteiger partial charge is 0.444 e. The molecule has 27 heavy (non-hydrogen) atoms. The van der Waals surface area contributed by atoms with E-state index in [-0.39, 0.29) is 18.2 Å². The van der Waals surface area contributed by atoms with Crippen LogP contribution in [0.2, 0.25) is 0 Å². The molecule has 2 aliphatic heterocycles. The van der Waals surface area contributed by atoms with Crippen LogP contribution in [0.25, 0.3) is 10.8 Å². The molecule has 1 aromatic carbocycles. The van der Waals surface area contributed by atoms with Gasteiger partial charge in [0.05, 0.1) is 30.9 Å². The summed E-state index contributed by atoms with van der Waals surface area (Å²) in [7, 11) is 0. The Morgan fingerprint density at radius 3 is 2.63 bits per heavy atom. The standard InChI is InChI=1S/C21H26N2O4/c1-20(2,3)27-19(24)23-15-9-21(25,10-16(23)13-26-12-15)18-6-4-5-14-11-22-8-7-17(14)18/h4-8,11,15-16,25H,9-10,12-13H2,1-3H3. The summed E-state index contributed by atoms with van der Waals surface area (Å²) in [6.45, 7) is 6.40. The maximum absolute atomic E-state index is 12.7. The van der Waals surface area contributed by atoms with Gasteiger partial charge in [-0.2, -0.15) is 0 Å². The van der Waals surface area contributed by atoms with Crippen molar-refractivity contribution in [1.29, 1.82) is 0 Å². The lowest BCUT2D eigenvalue weighted by Gasteiger charge is -2.51. The van der Waals surface area contributed by atoms with Crippen LogP contribution in [0.3, 0.4) is 0 Å². The van der Waals surface area contributed by atoms with E-state index in [2.05, 4.69) is 4.98 Å². The Hall–Kier alpha value is -2.18. The minimum atomic E-state index is -1.02. The number of aliphatic hydroxyl groups is 1. The topological polar surface area (TPSA) is 71.9 Å². The van der Waals surface area contributed by atoms with E-state index in [0.29, 0.717) is 26.1 Å². The number of rotatable bonds is 1. The maximum atomic E-state index is 12.7. The maximum Gasteiger partial charge on any atom is 0.410 e. The molecule has 2 unspecified atom stereocenters. The van der Waals surface area contributed by atoms with Crippen LogP contribution in [0.1, 0.15) is 39.2 Å². The van der Waals surface area contributed by atoms with Gasteiger partial charge in [-0.25, -0.2) is 4.79 Å². The molecule has 0 aliphatic carbocycles. The fourth-order valence-corrected chi connectivity index (χ4v) is 4.34. The average Bonchev–Trinajstić information content (AvgIpc) is 2.59. The molecule has 4 rings (SSSR count). The summed E-state index contributed by atoms with van der Waals surface area (Å²) < 4.78 is 11.3. The van der Waals surface area contributed by atoms with Crippen LogP contribution in [0.15, 0.2) is 36.7 Å². The highest BCUT2D eigenvalue weighted by molar-refractivity contribution is 5.85. The van der Waals surface area contributed by atoms with Gasteiger partial charge in [-0.05, 0) is 37.8 Å². The van der Waals surface area contributed by atoms with Crippen molar-refractivity contribution in [3.05, 3.63) is 42.2 Å². The van der Waals surface area contributed by atoms with Gasteiger partial charge >= 0.3 is 6.09 Å². The van der Waals surface area contributed by atoms with Crippen molar-refractivity contribution < 1.29 is 19.4 Å². The Labute approximate surface area is 159 Å². The van der Waals surface area contributed by atoms with Crippen LogP contribution in [-0.4, -0.2) is 52.0 Å². The van der Waals surface area contributed by atoms with Gasteiger partial charge in [0.1, 0.15) is 5.60 Å². The van der Waals surface area contributed by atoms with Crippen LogP contribution in [-0.2, 0) is 15.1 Å². The van der Waals surface area contributed by atoms with Gasteiger partial charge in [-0.1, -0.05) is 18.2 Å². The highest BCUT2D eigenvalue weighted by Crippen LogP contribution is 2.43. The summed E-state index contributed by atoms with van der Waals surface area (Å²) in [5.74, 6) is 0. The predicted octanol–water partition coefficient (Wildman–Crippen LogP) is 3.22. The molecule has 0 saturated carbocycles. The fourth-order valence-electron chi connectivity index (χ4n) is 4.34. The number of hydrogen-bond acceptors (Lipinski definition) is 5. The summed E-state index contributed by atoms with van der Waals surface area (Å²) >= 11 is 0. The lowest BCUT2D eigenvalue weighted by Crippen LogP contribution is -2.63. The van der Waals surface area contributed by atoms with Gasteiger partial charge in [0.2, 0.25) is 0 Å². The van der Waals surface area contributed by atoms with Gasteiger partial charge in [0.15, 0.2) is 0 Å². The average molecular weight is 370 g/mol. The van der Waals surface area contributed by atoms with Crippen LogP contribution in [0, 0.1) is 0 Å². The molecule has 1 aromatic heterocycles. The molecule has 2 aromatic rings. The molecule has 6 heteroatoms. The third-order valence-electron chi connectivity index (χ3n) is 5.34. The molecule has 2 aliphatic rings. The zero-order valence-corrected chi connectivity index (χ0v) is 16.0. The van der Waals surface area contributed by atoms with Gasteiger partial charge in [-0.3, -0.25) is 9.88 Å². The number of fused-ring (bicyclic) bond motifs is 3. The zero-order chi connectivity index (χ0) is 19.2. The first-order valence-corrected chi connectivity index (χ1v) is 9.41. The minimum absolute atomic E-state index is 0.213. The molecule has 144 valence electrons. The highest BCUT2D eigenvalue weighted by atomic mass is 16.6. The summed E-state index contributed by atoms with van der Waals surface area (Å²) in [6, 6.07) is 7.43. The van der Waals surface area contributed by atoms with Crippen LogP contribution in [0.4, 0.5) is 4.79 Å². The lowest BCUT2D eigenvalue weighted by molar-refractivity contribution is -0.140. The number of ether oxygens (including phenoxy) is 2. The molecular weight excluding hydrogens is 344 g/mol. The first-order chi connectivity index (χ1) is 12.8. The Balaban J connectivity index is 1.67. The van der Waals surface area contributed by atoms with Crippen molar-refractivity contribution in [3.63, 3.8) is 0 Å². The fraction of sp³-hybridized carbons (Fsp3) is 0.524. The number of amides is 1. The molecule has 2 atom stereocenters. The third-order valence-corrected chi connectivity index (χ3v) is 5.34. The number of morpholine rings is 1. The molecule has 6 nitrogen and oxygen atoms in total. The van der Waals surface area contributed by atoms with E-state index in [0.717, 1.165) is 16.3 Å². The van der Waals surface area contributed by atoms with E-state index in [1.807, 2.05) is 51.2 Å². The van der Waals surface area contributed by atoms with Crippen molar-refractivity contribution in [2.45, 2.75) is 56.9 Å². The molecule has 2 fully saturated rings. The van der Waals surface area contributed by atoms with E-state index in [4.69, 9.17) is 9.47 Å². The predicted molar refractivity (Wildman–Crippen MR) is 101 cm³/mol. The second-order valence-corrected chi connectivity index (χ2v) is 8.57. The molecular formula is C21H26N2O4. The van der Waals surface area contributed by atoms with E-state index < -0.39 is 11.2 Å². The van der Waals surface area contributed by atoms with Crippen molar-refractivity contribution in [2.24, 2.45) is 0 Å². The zero-order valence-electron chi connectivity index (χ0n) is 16.0. The number of pyridine rings is 1. The number of carbonyl (C=O) groups excluding carboxylic acids is 1. The number of aromatic nitrogens is 1. The summed E-state index contributed by atoms with van der Waals surface area (Å²) in [5.41, 5.74) is -0.677. The Morgan fingerprint density at radius 2 is 1.96 bits per heavy atom. The molecule has 2 saturated heterocycles. The van der Waals surface area contributed by atoms with Gasteiger partial charge in [-0.15, -0.1) is 0 Å². The number of benzene rings is 1. The van der Waals surface area contributed by atoms with Gasteiger partial charge in [0, 0.05) is 30.6 Å². The lowest BCUT2D eigenvalue weighted by atomic mass is 9.75. The summed E-state index contributed by atoms with van der Waals surface area (Å²) in [4.78, 5) is 18.7. The Morgan fingerprint density at radius 1 is 1.26 bits per heavy atom. The van der Waals surface area contributed by atoms with E-state index in [1.165, 1.54) is 0 Å². The molecule has 0 radical (unpaired) electrons. The van der Waals surface area contributed by atoms with Crippen LogP contribution >= 0.6 is 0 Å². The Bertz CT molecular complexity index is 841. The van der Waals surface area contributed by atoms with Crippen molar-refractivity contribution >= 4 is 16.9 Å². The number of carbonyl (C=O) groups is 1.